The van der Waals surface area contributed by atoms with Crippen molar-refractivity contribution in [1.29, 1.82) is 0 Å². The molecule has 0 aliphatic carbocycles. The first-order valence-corrected chi connectivity index (χ1v) is 6.52. The molecule has 21 heavy (non-hydrogen) atoms. The predicted octanol–water partition coefficient (Wildman–Crippen LogP) is 1.23. The van der Waals surface area contributed by atoms with Crippen molar-refractivity contribution in [3.05, 3.63) is 24.0 Å². The monoisotopic (exact) mass is 295 g/mol. The standard InChI is InChI=1S/C14H21N3O4/c1-14(2,3)21-13(19)17-9-12(18)16-7-10-5-6-11(20-4)8-15-10/h5-6,8H,7,9H2,1-4H3,(H,16,18)(H,17,19). The molecule has 2 amide bonds. The van der Waals surface area contributed by atoms with E-state index in [1.165, 1.54) is 0 Å². The van der Waals surface area contributed by atoms with Gasteiger partial charge < -0.3 is 20.1 Å². The summed E-state index contributed by atoms with van der Waals surface area (Å²) in [5.74, 6) is 0.329. The molecule has 0 radical (unpaired) electrons. The zero-order valence-electron chi connectivity index (χ0n) is 12.7. The Morgan fingerprint density at radius 3 is 2.48 bits per heavy atom. The third kappa shape index (κ3) is 7.14. The third-order valence-electron chi connectivity index (χ3n) is 2.29. The molecule has 0 fully saturated rings. The van der Waals surface area contributed by atoms with Gasteiger partial charge in [-0.3, -0.25) is 9.78 Å². The zero-order valence-corrected chi connectivity index (χ0v) is 12.7. The number of pyridine rings is 1. The normalized spacial score (nSPS) is 10.7. The first-order chi connectivity index (χ1) is 9.80. The first-order valence-electron chi connectivity index (χ1n) is 6.52. The van der Waals surface area contributed by atoms with Crippen LogP contribution in [0.5, 0.6) is 5.75 Å². The molecule has 2 N–H and O–H groups in total. The van der Waals surface area contributed by atoms with Crippen LogP contribution < -0.4 is 15.4 Å². The number of carbonyl (C=O) groups is 2. The molecular formula is C14H21N3O4. The van der Waals surface area contributed by atoms with E-state index in [-0.39, 0.29) is 19.0 Å². The van der Waals surface area contributed by atoms with Crippen LogP contribution in [0.25, 0.3) is 0 Å². The smallest absolute Gasteiger partial charge is 0.408 e. The fourth-order valence-corrected chi connectivity index (χ4v) is 1.35. The number of methoxy groups -OCH3 is 1. The molecular weight excluding hydrogens is 274 g/mol. The third-order valence-corrected chi connectivity index (χ3v) is 2.29. The minimum absolute atomic E-state index is 0.148. The lowest BCUT2D eigenvalue weighted by Crippen LogP contribution is -2.39. The first kappa shape index (κ1) is 16.7. The van der Waals surface area contributed by atoms with Gasteiger partial charge in [-0.1, -0.05) is 0 Å². The van der Waals surface area contributed by atoms with Crippen molar-refractivity contribution in [2.24, 2.45) is 0 Å². The average molecular weight is 295 g/mol. The van der Waals surface area contributed by atoms with Gasteiger partial charge in [0.25, 0.3) is 0 Å². The topological polar surface area (TPSA) is 89.6 Å². The molecule has 0 saturated heterocycles. The van der Waals surface area contributed by atoms with E-state index in [1.54, 1.807) is 46.2 Å². The minimum atomic E-state index is -0.625. The number of nitrogens with zero attached hydrogens (tertiary/aromatic N) is 1. The second-order valence-electron chi connectivity index (χ2n) is 5.32. The van der Waals surface area contributed by atoms with Crippen LogP contribution in [-0.2, 0) is 16.1 Å². The van der Waals surface area contributed by atoms with Crippen molar-refractivity contribution in [1.82, 2.24) is 15.6 Å². The number of hydrogen-bond donors (Lipinski definition) is 2. The van der Waals surface area contributed by atoms with Crippen LogP contribution in [0.1, 0.15) is 26.5 Å². The maximum Gasteiger partial charge on any atom is 0.408 e. The van der Waals surface area contributed by atoms with Crippen molar-refractivity contribution in [2.45, 2.75) is 32.9 Å². The molecule has 1 aromatic heterocycles. The van der Waals surface area contributed by atoms with Crippen LogP contribution in [0.4, 0.5) is 4.79 Å². The van der Waals surface area contributed by atoms with Crippen molar-refractivity contribution in [3.8, 4) is 5.75 Å². The van der Waals surface area contributed by atoms with E-state index in [1.807, 2.05) is 0 Å². The van der Waals surface area contributed by atoms with Gasteiger partial charge in [0.2, 0.25) is 5.91 Å². The second kappa shape index (κ2) is 7.47. The Balaban J connectivity index is 2.29. The number of amides is 2. The van der Waals surface area contributed by atoms with Gasteiger partial charge in [-0.05, 0) is 32.9 Å². The van der Waals surface area contributed by atoms with Gasteiger partial charge >= 0.3 is 6.09 Å². The average Bonchev–Trinajstić information content (AvgIpc) is 2.41. The second-order valence-corrected chi connectivity index (χ2v) is 5.32. The Morgan fingerprint density at radius 2 is 1.95 bits per heavy atom. The highest BCUT2D eigenvalue weighted by molar-refractivity contribution is 5.82. The highest BCUT2D eigenvalue weighted by Crippen LogP contribution is 2.07. The van der Waals surface area contributed by atoms with E-state index < -0.39 is 11.7 Å². The molecule has 0 atom stereocenters. The highest BCUT2D eigenvalue weighted by atomic mass is 16.6. The van der Waals surface area contributed by atoms with Crippen molar-refractivity contribution in [3.63, 3.8) is 0 Å². The van der Waals surface area contributed by atoms with Crippen LogP contribution in [0.2, 0.25) is 0 Å². The van der Waals surface area contributed by atoms with Gasteiger partial charge in [-0.15, -0.1) is 0 Å². The Bertz CT molecular complexity index is 480. The van der Waals surface area contributed by atoms with E-state index in [0.29, 0.717) is 11.4 Å². The fourth-order valence-electron chi connectivity index (χ4n) is 1.35. The molecule has 0 spiro atoms. The van der Waals surface area contributed by atoms with Gasteiger partial charge in [0.15, 0.2) is 0 Å². The number of rotatable bonds is 5. The summed E-state index contributed by atoms with van der Waals surface area (Å²) in [7, 11) is 1.56. The Labute approximate surface area is 124 Å². The molecule has 116 valence electrons. The molecule has 0 unspecified atom stereocenters. The van der Waals surface area contributed by atoms with Gasteiger partial charge in [0, 0.05) is 0 Å². The molecule has 0 aliphatic heterocycles. The zero-order chi connectivity index (χ0) is 15.9. The number of alkyl carbamates (subject to hydrolysis) is 1. The lowest BCUT2D eigenvalue weighted by molar-refractivity contribution is -0.120. The molecule has 0 aromatic carbocycles. The summed E-state index contributed by atoms with van der Waals surface area (Å²) in [5.41, 5.74) is 0.106. The summed E-state index contributed by atoms with van der Waals surface area (Å²) in [6.45, 7) is 5.38. The number of hydrogen-bond acceptors (Lipinski definition) is 5. The highest BCUT2D eigenvalue weighted by Gasteiger charge is 2.16. The Morgan fingerprint density at radius 1 is 1.24 bits per heavy atom. The lowest BCUT2D eigenvalue weighted by atomic mass is 10.2. The van der Waals surface area contributed by atoms with Crippen molar-refractivity contribution in [2.75, 3.05) is 13.7 Å². The number of aromatic nitrogens is 1. The van der Waals surface area contributed by atoms with Crippen LogP contribution in [-0.4, -0.2) is 36.2 Å². The van der Waals surface area contributed by atoms with E-state index in [4.69, 9.17) is 9.47 Å². The van der Waals surface area contributed by atoms with Gasteiger partial charge in [0.05, 0.1) is 25.5 Å². The van der Waals surface area contributed by atoms with Crippen molar-refractivity contribution < 1.29 is 19.1 Å². The minimum Gasteiger partial charge on any atom is -0.495 e. The van der Waals surface area contributed by atoms with E-state index >= 15 is 0 Å². The summed E-state index contributed by atoms with van der Waals surface area (Å²) in [6.07, 6.45) is 0.945. The van der Waals surface area contributed by atoms with Crippen LogP contribution in [0.15, 0.2) is 18.3 Å². The number of nitrogens with one attached hydrogen (secondary N) is 2. The fraction of sp³-hybridized carbons (Fsp3) is 0.500. The quantitative estimate of drug-likeness (QED) is 0.853. The molecule has 1 aromatic rings. The predicted molar refractivity (Wildman–Crippen MR) is 76.9 cm³/mol. The number of ether oxygens (including phenoxy) is 2. The van der Waals surface area contributed by atoms with E-state index in [0.717, 1.165) is 0 Å². The molecule has 1 rings (SSSR count). The Hall–Kier alpha value is -2.31. The maximum absolute atomic E-state index is 11.6. The summed E-state index contributed by atoms with van der Waals surface area (Å²) in [4.78, 5) is 27.1. The summed E-state index contributed by atoms with van der Waals surface area (Å²) in [5, 5.41) is 5.02. The molecule has 7 heteroatoms. The molecule has 0 bridgehead atoms. The SMILES string of the molecule is COc1ccc(CNC(=O)CNC(=O)OC(C)(C)C)nc1. The summed E-state index contributed by atoms with van der Waals surface area (Å²) >= 11 is 0. The Kier molecular flexibility index (Phi) is 5.95. The molecule has 7 nitrogen and oxygen atoms in total. The van der Waals surface area contributed by atoms with E-state index in [2.05, 4.69) is 15.6 Å². The number of carbonyl (C=O) groups excluding carboxylic acids is 2. The van der Waals surface area contributed by atoms with Gasteiger partial charge in [0.1, 0.15) is 17.9 Å². The lowest BCUT2D eigenvalue weighted by Gasteiger charge is -2.19. The van der Waals surface area contributed by atoms with Gasteiger partial charge in [-0.2, -0.15) is 0 Å². The maximum atomic E-state index is 11.6. The van der Waals surface area contributed by atoms with Crippen LogP contribution in [0.3, 0.4) is 0 Å². The summed E-state index contributed by atoms with van der Waals surface area (Å²) in [6, 6.07) is 3.51. The van der Waals surface area contributed by atoms with Crippen LogP contribution in [0, 0.1) is 0 Å². The molecule has 1 heterocycles. The molecule has 0 aliphatic rings. The van der Waals surface area contributed by atoms with Gasteiger partial charge in [-0.25, -0.2) is 4.79 Å². The largest absolute Gasteiger partial charge is 0.495 e. The van der Waals surface area contributed by atoms with Crippen molar-refractivity contribution >= 4 is 12.0 Å². The molecule has 0 saturated carbocycles. The van der Waals surface area contributed by atoms with E-state index in [9.17, 15) is 9.59 Å². The van der Waals surface area contributed by atoms with Crippen LogP contribution >= 0.6 is 0 Å². The summed E-state index contributed by atoms with van der Waals surface area (Å²) < 4.78 is 10.0.